The number of nitrogens with two attached hydrogens (primary N) is 1. The number of aromatic hydroxyl groups is 1. The average molecular weight is 332 g/mol. The third-order valence-corrected chi connectivity index (χ3v) is 3.60. The summed E-state index contributed by atoms with van der Waals surface area (Å²) in [6.45, 7) is 0. The van der Waals surface area contributed by atoms with Crippen molar-refractivity contribution in [1.82, 2.24) is 4.98 Å². The third-order valence-electron chi connectivity index (χ3n) is 3.60. The number of phenols is 1. The molecule has 0 bridgehead atoms. The number of pyridine rings is 1. The molecule has 0 spiro atoms. The molecule has 3 aromatic rings. The van der Waals surface area contributed by atoms with Gasteiger partial charge in [0, 0.05) is 17.1 Å². The Hall–Kier alpha value is -3.09. The molecule has 2 aromatic carbocycles. The summed E-state index contributed by atoms with van der Waals surface area (Å²) in [5.41, 5.74) is 4.71. The first kappa shape index (κ1) is 15.8. The second kappa shape index (κ2) is 5.52. The molecule has 0 saturated carbocycles. The molecule has 0 fully saturated rings. The summed E-state index contributed by atoms with van der Waals surface area (Å²) in [7, 11) is 0. The fraction of sp³-hybridized carbons (Fsp3) is 0.0588. The van der Waals surface area contributed by atoms with Gasteiger partial charge in [0.2, 0.25) is 0 Å². The quantitative estimate of drug-likeness (QED) is 0.751. The van der Waals surface area contributed by atoms with Gasteiger partial charge in [0.15, 0.2) is 0 Å². The highest BCUT2D eigenvalue weighted by Gasteiger charge is 2.33. The van der Waals surface area contributed by atoms with Crippen LogP contribution in [0.2, 0.25) is 0 Å². The number of hydrogen-bond acceptors (Lipinski definition) is 3. The second-order valence-corrected chi connectivity index (χ2v) is 5.16. The first-order chi connectivity index (χ1) is 11.3. The van der Waals surface area contributed by atoms with Crippen LogP contribution in [0.15, 0.2) is 48.7 Å². The molecule has 1 heterocycles. The maximum absolute atomic E-state index is 13.2. The number of fused-ring (bicyclic) bond motifs is 1. The largest absolute Gasteiger partial charge is 0.508 e. The van der Waals surface area contributed by atoms with E-state index in [1.54, 1.807) is 6.07 Å². The van der Waals surface area contributed by atoms with Gasteiger partial charge in [-0.2, -0.15) is 13.2 Å². The zero-order valence-electron chi connectivity index (χ0n) is 12.1. The maximum Gasteiger partial charge on any atom is 0.418 e. The Balaban J connectivity index is 2.45. The lowest BCUT2D eigenvalue weighted by Crippen LogP contribution is -2.14. The van der Waals surface area contributed by atoms with Gasteiger partial charge in [-0.25, -0.2) is 0 Å². The SMILES string of the molecule is NC(=O)c1cnc2c(C(F)(F)F)cccc2c1-c1cccc(O)c1. The van der Waals surface area contributed by atoms with Crippen LogP contribution in [-0.2, 0) is 6.18 Å². The lowest BCUT2D eigenvalue weighted by Gasteiger charge is -2.14. The summed E-state index contributed by atoms with van der Waals surface area (Å²) in [4.78, 5) is 15.5. The van der Waals surface area contributed by atoms with Crippen LogP contribution in [0.5, 0.6) is 5.75 Å². The Morgan fingerprint density at radius 2 is 1.83 bits per heavy atom. The summed E-state index contributed by atoms with van der Waals surface area (Å²) in [6, 6.07) is 9.45. The Morgan fingerprint density at radius 1 is 1.12 bits per heavy atom. The van der Waals surface area contributed by atoms with Crippen molar-refractivity contribution in [2.75, 3.05) is 0 Å². The fourth-order valence-electron chi connectivity index (χ4n) is 2.61. The van der Waals surface area contributed by atoms with Gasteiger partial charge in [-0.3, -0.25) is 9.78 Å². The van der Waals surface area contributed by atoms with Gasteiger partial charge in [-0.05, 0) is 23.8 Å². The predicted octanol–water partition coefficient (Wildman–Crippen LogP) is 3.73. The van der Waals surface area contributed by atoms with E-state index in [0.29, 0.717) is 5.56 Å². The number of nitrogens with zero attached hydrogens (tertiary/aromatic N) is 1. The number of halogens is 3. The smallest absolute Gasteiger partial charge is 0.418 e. The van der Waals surface area contributed by atoms with Crippen molar-refractivity contribution in [2.24, 2.45) is 5.73 Å². The molecule has 4 nitrogen and oxygen atoms in total. The number of phenolic OH excluding ortho intramolecular Hbond substituents is 1. The summed E-state index contributed by atoms with van der Waals surface area (Å²) in [5.74, 6) is -0.903. The highest BCUT2D eigenvalue weighted by Crippen LogP contribution is 2.38. The van der Waals surface area contributed by atoms with Gasteiger partial charge in [0.1, 0.15) is 5.75 Å². The monoisotopic (exact) mass is 332 g/mol. The lowest BCUT2D eigenvalue weighted by molar-refractivity contribution is -0.136. The van der Waals surface area contributed by atoms with Crippen LogP contribution in [0.1, 0.15) is 15.9 Å². The standard InChI is InChI=1S/C17H11F3N2O2/c18-17(19,20)13-6-2-5-11-14(9-3-1-4-10(23)7-9)12(16(21)24)8-22-15(11)13/h1-8,23H,(H2,21,24). The van der Waals surface area contributed by atoms with E-state index in [2.05, 4.69) is 4.98 Å². The van der Waals surface area contributed by atoms with E-state index in [-0.39, 0.29) is 27.8 Å². The van der Waals surface area contributed by atoms with Crippen LogP contribution in [0.25, 0.3) is 22.0 Å². The molecule has 7 heteroatoms. The van der Waals surface area contributed by atoms with Gasteiger partial charge < -0.3 is 10.8 Å². The Bertz CT molecular complexity index is 952. The number of amides is 1. The first-order valence-electron chi connectivity index (χ1n) is 6.87. The molecular weight excluding hydrogens is 321 g/mol. The topological polar surface area (TPSA) is 76.2 Å². The molecule has 3 N–H and O–H groups in total. The van der Waals surface area contributed by atoms with Crippen LogP contribution in [-0.4, -0.2) is 16.0 Å². The first-order valence-corrected chi connectivity index (χ1v) is 6.87. The van der Waals surface area contributed by atoms with E-state index < -0.39 is 17.6 Å². The van der Waals surface area contributed by atoms with Crippen LogP contribution in [0, 0.1) is 0 Å². The molecule has 1 aromatic heterocycles. The van der Waals surface area contributed by atoms with E-state index in [1.807, 2.05) is 0 Å². The zero-order chi connectivity index (χ0) is 17.5. The van der Waals surface area contributed by atoms with Crippen molar-refractivity contribution in [3.63, 3.8) is 0 Å². The van der Waals surface area contributed by atoms with Crippen molar-refractivity contribution in [1.29, 1.82) is 0 Å². The molecule has 0 aliphatic rings. The van der Waals surface area contributed by atoms with E-state index in [1.165, 1.54) is 30.3 Å². The van der Waals surface area contributed by atoms with Crippen molar-refractivity contribution < 1.29 is 23.1 Å². The minimum atomic E-state index is -4.59. The average Bonchev–Trinajstić information content (AvgIpc) is 2.52. The van der Waals surface area contributed by atoms with Gasteiger partial charge in [-0.1, -0.05) is 24.3 Å². The number of carbonyl (C=O) groups is 1. The minimum Gasteiger partial charge on any atom is -0.508 e. The molecule has 0 aliphatic heterocycles. The lowest BCUT2D eigenvalue weighted by atomic mass is 9.94. The number of hydrogen-bond donors (Lipinski definition) is 2. The Labute approximate surface area is 134 Å². The summed E-state index contributed by atoms with van der Waals surface area (Å²) in [5, 5.41) is 9.78. The van der Waals surface area contributed by atoms with Gasteiger partial charge in [0.25, 0.3) is 5.91 Å². The Morgan fingerprint density at radius 3 is 2.46 bits per heavy atom. The summed E-state index contributed by atoms with van der Waals surface area (Å²) >= 11 is 0. The van der Waals surface area contributed by atoms with Crippen molar-refractivity contribution >= 4 is 16.8 Å². The molecule has 0 aliphatic carbocycles. The Kier molecular flexibility index (Phi) is 3.63. The fourth-order valence-corrected chi connectivity index (χ4v) is 2.61. The number of carbonyl (C=O) groups excluding carboxylic acids is 1. The second-order valence-electron chi connectivity index (χ2n) is 5.16. The van der Waals surface area contributed by atoms with Crippen molar-refractivity contribution in [3.05, 3.63) is 59.8 Å². The van der Waals surface area contributed by atoms with E-state index >= 15 is 0 Å². The van der Waals surface area contributed by atoms with Crippen LogP contribution in [0.4, 0.5) is 13.2 Å². The van der Waals surface area contributed by atoms with Gasteiger partial charge >= 0.3 is 6.18 Å². The molecule has 0 radical (unpaired) electrons. The highest BCUT2D eigenvalue weighted by molar-refractivity contribution is 6.08. The van der Waals surface area contributed by atoms with Gasteiger partial charge in [0.05, 0.1) is 16.6 Å². The maximum atomic E-state index is 13.2. The third kappa shape index (κ3) is 2.64. The minimum absolute atomic E-state index is 0.0209. The number of aromatic nitrogens is 1. The van der Waals surface area contributed by atoms with Crippen molar-refractivity contribution in [2.45, 2.75) is 6.18 Å². The number of para-hydroxylation sites is 1. The van der Waals surface area contributed by atoms with Crippen LogP contribution < -0.4 is 5.73 Å². The molecule has 1 amide bonds. The zero-order valence-corrected chi connectivity index (χ0v) is 12.1. The molecule has 0 atom stereocenters. The molecule has 0 saturated heterocycles. The number of rotatable bonds is 2. The van der Waals surface area contributed by atoms with E-state index in [4.69, 9.17) is 5.73 Å². The summed E-state index contributed by atoms with van der Waals surface area (Å²) in [6.07, 6.45) is -3.56. The molecule has 122 valence electrons. The predicted molar refractivity (Wildman–Crippen MR) is 82.4 cm³/mol. The van der Waals surface area contributed by atoms with Crippen molar-refractivity contribution in [3.8, 4) is 16.9 Å². The normalized spacial score (nSPS) is 11.6. The van der Waals surface area contributed by atoms with E-state index in [0.717, 1.165) is 12.3 Å². The number of benzene rings is 2. The number of alkyl halides is 3. The molecule has 0 unspecified atom stereocenters. The molecule has 3 rings (SSSR count). The van der Waals surface area contributed by atoms with Crippen LogP contribution >= 0.6 is 0 Å². The van der Waals surface area contributed by atoms with Gasteiger partial charge in [-0.15, -0.1) is 0 Å². The van der Waals surface area contributed by atoms with Crippen LogP contribution in [0.3, 0.4) is 0 Å². The number of primary amides is 1. The highest BCUT2D eigenvalue weighted by atomic mass is 19.4. The molecule has 24 heavy (non-hydrogen) atoms. The van der Waals surface area contributed by atoms with E-state index in [9.17, 15) is 23.1 Å². The summed E-state index contributed by atoms with van der Waals surface area (Å²) < 4.78 is 39.6. The molecular formula is C17H11F3N2O2.